The van der Waals surface area contributed by atoms with Crippen LogP contribution in [0.5, 0.6) is 0 Å². The number of hydrogen-bond acceptors (Lipinski definition) is 5. The lowest BCUT2D eigenvalue weighted by atomic mass is 9.99. The number of hydrogen-bond donors (Lipinski definition) is 2. The Bertz CT molecular complexity index is 1480. The second-order valence-corrected chi connectivity index (χ2v) is 9.74. The van der Waals surface area contributed by atoms with Gasteiger partial charge in [0.1, 0.15) is 5.82 Å². The van der Waals surface area contributed by atoms with E-state index in [1.54, 1.807) is 28.0 Å². The summed E-state index contributed by atoms with van der Waals surface area (Å²) < 4.78 is 1.68. The fraction of sp³-hybridized carbons (Fsp3) is 0.214. The van der Waals surface area contributed by atoms with Gasteiger partial charge in [-0.25, -0.2) is 4.98 Å². The van der Waals surface area contributed by atoms with E-state index in [4.69, 9.17) is 17.3 Å². The average molecular weight is 515 g/mol. The van der Waals surface area contributed by atoms with Crippen molar-refractivity contribution in [2.75, 3.05) is 18.8 Å². The molecule has 0 saturated carbocycles. The van der Waals surface area contributed by atoms with Gasteiger partial charge in [0, 0.05) is 60.3 Å². The van der Waals surface area contributed by atoms with E-state index in [1.807, 2.05) is 62.6 Å². The zero-order valence-corrected chi connectivity index (χ0v) is 21.4. The van der Waals surface area contributed by atoms with Gasteiger partial charge < -0.3 is 16.0 Å². The van der Waals surface area contributed by atoms with Crippen molar-refractivity contribution in [3.8, 4) is 22.3 Å². The Labute approximate surface area is 220 Å². The normalized spacial score (nSPS) is 15.1. The number of nitrogens with two attached hydrogens (primary N) is 1. The number of rotatable bonds is 5. The number of nitrogens with one attached hydrogen (secondary N) is 1. The van der Waals surface area contributed by atoms with Crippen molar-refractivity contribution in [1.82, 2.24) is 25.0 Å². The maximum atomic E-state index is 13.1. The first-order valence-electron chi connectivity index (χ1n) is 12.0. The first-order chi connectivity index (χ1) is 17.8. The molecule has 4 aromatic rings. The maximum Gasteiger partial charge on any atom is 0.255 e. The highest BCUT2D eigenvalue weighted by Gasteiger charge is 2.29. The van der Waals surface area contributed by atoms with Gasteiger partial charge in [0.25, 0.3) is 11.8 Å². The summed E-state index contributed by atoms with van der Waals surface area (Å²) in [6.45, 7) is 3.01. The summed E-state index contributed by atoms with van der Waals surface area (Å²) in [5.74, 6) is -0.215. The number of aryl methyl sites for hydroxylation is 2. The van der Waals surface area contributed by atoms with Gasteiger partial charge >= 0.3 is 0 Å². The summed E-state index contributed by atoms with van der Waals surface area (Å²) in [6.07, 6.45) is 5.83. The number of nitrogen functional groups attached to an aromatic ring is 1. The minimum absolute atomic E-state index is 0.0640. The average Bonchev–Trinajstić information content (AvgIpc) is 3.54. The van der Waals surface area contributed by atoms with Crippen LogP contribution in [-0.4, -0.2) is 50.6 Å². The molecule has 37 heavy (non-hydrogen) atoms. The van der Waals surface area contributed by atoms with Crippen LogP contribution in [0.25, 0.3) is 22.3 Å². The molecule has 3 N–H and O–H groups in total. The lowest BCUT2D eigenvalue weighted by Gasteiger charge is -2.18. The van der Waals surface area contributed by atoms with Gasteiger partial charge in [0.15, 0.2) is 0 Å². The van der Waals surface area contributed by atoms with E-state index in [9.17, 15) is 9.59 Å². The number of benzene rings is 2. The first-order valence-corrected chi connectivity index (χ1v) is 12.4. The molecule has 188 valence electrons. The molecule has 0 aliphatic carbocycles. The molecular weight excluding hydrogens is 488 g/mol. The summed E-state index contributed by atoms with van der Waals surface area (Å²) in [7, 11) is 1.82. The van der Waals surface area contributed by atoms with Gasteiger partial charge in [-0.15, -0.1) is 0 Å². The summed E-state index contributed by atoms with van der Waals surface area (Å²) in [6, 6.07) is 14.9. The van der Waals surface area contributed by atoms with Crippen LogP contribution in [0.3, 0.4) is 0 Å². The number of carbonyl (C=O) groups is 2. The minimum atomic E-state index is -0.309. The van der Waals surface area contributed by atoms with Crippen LogP contribution in [0.4, 0.5) is 5.82 Å². The monoisotopic (exact) mass is 514 g/mol. The third-order valence-corrected chi connectivity index (χ3v) is 6.89. The highest BCUT2D eigenvalue weighted by molar-refractivity contribution is 6.30. The molecule has 2 aromatic heterocycles. The first kappa shape index (κ1) is 24.5. The van der Waals surface area contributed by atoms with Crippen LogP contribution in [0.15, 0.2) is 67.1 Å². The number of likely N-dealkylation sites (tertiary alicyclic amines) is 1. The molecule has 2 aromatic carbocycles. The minimum Gasteiger partial charge on any atom is -0.383 e. The van der Waals surface area contributed by atoms with Gasteiger partial charge in [-0.2, -0.15) is 5.10 Å². The number of halogens is 1. The second-order valence-electron chi connectivity index (χ2n) is 9.31. The maximum absolute atomic E-state index is 13.1. The predicted octanol–water partition coefficient (Wildman–Crippen LogP) is 4.34. The molecule has 9 heteroatoms. The highest BCUT2D eigenvalue weighted by atomic mass is 35.5. The molecule has 0 radical (unpaired) electrons. The van der Waals surface area contributed by atoms with E-state index < -0.39 is 0 Å². The lowest BCUT2D eigenvalue weighted by Crippen LogP contribution is -2.38. The summed E-state index contributed by atoms with van der Waals surface area (Å²) in [5, 5.41) is 7.85. The van der Waals surface area contributed by atoms with E-state index >= 15 is 0 Å². The van der Waals surface area contributed by atoms with Crippen molar-refractivity contribution in [3.63, 3.8) is 0 Å². The number of nitrogens with zero attached hydrogens (tertiary/aromatic N) is 4. The van der Waals surface area contributed by atoms with E-state index in [0.29, 0.717) is 35.7 Å². The van der Waals surface area contributed by atoms with Crippen molar-refractivity contribution >= 4 is 29.2 Å². The molecule has 1 aliphatic heterocycles. The van der Waals surface area contributed by atoms with Crippen LogP contribution in [0.1, 0.15) is 32.7 Å². The Morgan fingerprint density at radius 3 is 2.57 bits per heavy atom. The van der Waals surface area contributed by atoms with Crippen molar-refractivity contribution in [3.05, 3.63) is 88.8 Å². The highest BCUT2D eigenvalue weighted by Crippen LogP contribution is 2.27. The van der Waals surface area contributed by atoms with Gasteiger partial charge in [-0.05, 0) is 60.4 Å². The summed E-state index contributed by atoms with van der Waals surface area (Å²) in [4.78, 5) is 32.1. The molecule has 5 rings (SSSR count). The number of amides is 2. The zero-order valence-electron chi connectivity index (χ0n) is 20.6. The van der Waals surface area contributed by atoms with E-state index in [1.165, 1.54) is 0 Å². The number of pyridine rings is 1. The molecule has 0 spiro atoms. The fourth-order valence-electron chi connectivity index (χ4n) is 4.59. The molecule has 1 fully saturated rings. The van der Waals surface area contributed by atoms with Gasteiger partial charge in [0.2, 0.25) is 0 Å². The fourth-order valence-corrected chi connectivity index (χ4v) is 4.76. The van der Waals surface area contributed by atoms with E-state index in [-0.39, 0.29) is 23.7 Å². The van der Waals surface area contributed by atoms with Gasteiger partial charge in [0.05, 0.1) is 11.8 Å². The van der Waals surface area contributed by atoms with E-state index in [0.717, 1.165) is 27.8 Å². The van der Waals surface area contributed by atoms with Crippen molar-refractivity contribution in [1.29, 1.82) is 0 Å². The largest absolute Gasteiger partial charge is 0.383 e. The molecule has 0 unspecified atom stereocenters. The third kappa shape index (κ3) is 5.20. The molecule has 8 nitrogen and oxygen atoms in total. The number of anilines is 1. The number of aromatic nitrogens is 3. The van der Waals surface area contributed by atoms with Gasteiger partial charge in [-0.3, -0.25) is 14.3 Å². The zero-order chi connectivity index (χ0) is 26.1. The molecule has 1 aliphatic rings. The van der Waals surface area contributed by atoms with Crippen molar-refractivity contribution in [2.45, 2.75) is 19.4 Å². The molecule has 2 amide bonds. The lowest BCUT2D eigenvalue weighted by molar-refractivity contribution is 0.0783. The Morgan fingerprint density at radius 2 is 1.84 bits per heavy atom. The molecule has 0 bridgehead atoms. The Balaban J connectivity index is 1.24. The van der Waals surface area contributed by atoms with Crippen LogP contribution in [-0.2, 0) is 7.05 Å². The second kappa shape index (κ2) is 10.1. The Hall–Kier alpha value is -4.17. The van der Waals surface area contributed by atoms with Crippen LogP contribution < -0.4 is 11.1 Å². The predicted molar refractivity (Wildman–Crippen MR) is 144 cm³/mol. The quantitative estimate of drug-likeness (QED) is 0.412. The molecule has 1 saturated heterocycles. The van der Waals surface area contributed by atoms with E-state index in [2.05, 4.69) is 15.4 Å². The van der Waals surface area contributed by atoms with Crippen LogP contribution in [0.2, 0.25) is 5.02 Å². The van der Waals surface area contributed by atoms with Crippen molar-refractivity contribution < 1.29 is 9.59 Å². The Kier molecular flexibility index (Phi) is 6.67. The molecular formula is C28H27ClN6O2. The Morgan fingerprint density at radius 1 is 1.05 bits per heavy atom. The standard InChI is InChI=1S/C28H27ClN6O2/c1-17-3-8-22(29)12-24(17)18-4-6-19(7-5-18)28(37)35-10-9-23(16-35)33-27(36)25-11-20(13-31-26(25)30)21-14-32-34(2)15-21/h3-8,11-15,23H,9-10,16H2,1-2H3,(H2,30,31)(H,33,36)/t23-/m1/s1. The number of carbonyl (C=O) groups excluding carboxylic acids is 2. The van der Waals surface area contributed by atoms with Crippen LogP contribution in [0, 0.1) is 6.92 Å². The van der Waals surface area contributed by atoms with Gasteiger partial charge in [-0.1, -0.05) is 29.8 Å². The summed E-state index contributed by atoms with van der Waals surface area (Å²) in [5.41, 5.74) is 11.7. The topological polar surface area (TPSA) is 106 Å². The smallest absolute Gasteiger partial charge is 0.255 e. The molecule has 3 heterocycles. The summed E-state index contributed by atoms with van der Waals surface area (Å²) >= 11 is 6.16. The molecule has 1 atom stereocenters. The third-order valence-electron chi connectivity index (χ3n) is 6.65. The van der Waals surface area contributed by atoms with Crippen LogP contribution >= 0.6 is 11.6 Å². The van der Waals surface area contributed by atoms with Crippen molar-refractivity contribution in [2.24, 2.45) is 7.05 Å². The SMILES string of the molecule is Cc1ccc(Cl)cc1-c1ccc(C(=O)N2CC[C@@H](NC(=O)c3cc(-c4cnn(C)c4)cnc3N)C2)cc1.